The summed E-state index contributed by atoms with van der Waals surface area (Å²) in [6, 6.07) is 11.0. The normalized spacial score (nSPS) is 14.6. The van der Waals surface area contributed by atoms with Crippen molar-refractivity contribution in [3.05, 3.63) is 58.5 Å². The molecular formula is C20H23N5O3. The molecule has 0 spiro atoms. The van der Waals surface area contributed by atoms with Crippen molar-refractivity contribution in [2.75, 3.05) is 44.8 Å². The average molecular weight is 381 g/mol. The molecule has 3 heterocycles. The molecule has 146 valence electrons. The molecule has 0 atom stereocenters. The maximum Gasteiger partial charge on any atom is 0.264 e. The van der Waals surface area contributed by atoms with Crippen LogP contribution in [0.5, 0.6) is 0 Å². The van der Waals surface area contributed by atoms with Gasteiger partial charge in [-0.1, -0.05) is 6.07 Å². The second kappa shape index (κ2) is 7.85. The molecule has 0 bridgehead atoms. The van der Waals surface area contributed by atoms with Gasteiger partial charge in [0.25, 0.3) is 11.5 Å². The van der Waals surface area contributed by atoms with Gasteiger partial charge in [0.2, 0.25) is 0 Å². The molecule has 0 radical (unpaired) electrons. The first-order valence-corrected chi connectivity index (χ1v) is 9.34. The lowest BCUT2D eigenvalue weighted by atomic mass is 10.1. The molecule has 3 aromatic rings. The highest BCUT2D eigenvalue weighted by Crippen LogP contribution is 2.23. The Labute approximate surface area is 162 Å². The number of aromatic nitrogens is 3. The number of nitrogens with zero attached hydrogens (tertiary/aromatic N) is 4. The number of nitrogens with one attached hydrogen (secondary N) is 1. The third-order valence-corrected chi connectivity index (χ3v) is 5.14. The van der Waals surface area contributed by atoms with Gasteiger partial charge in [-0.25, -0.2) is 5.10 Å². The smallest absolute Gasteiger partial charge is 0.264 e. The lowest BCUT2D eigenvalue weighted by molar-refractivity contribution is 0.0748. The molecule has 1 aliphatic rings. The molecule has 8 nitrogen and oxygen atoms in total. The van der Waals surface area contributed by atoms with E-state index >= 15 is 0 Å². The number of anilines is 1. The maximum atomic E-state index is 13.1. The summed E-state index contributed by atoms with van der Waals surface area (Å²) in [5, 5.41) is 7.49. The summed E-state index contributed by atoms with van der Waals surface area (Å²) in [4.78, 5) is 28.3. The van der Waals surface area contributed by atoms with Crippen LogP contribution in [0.3, 0.4) is 0 Å². The number of ether oxygens (including phenoxy) is 1. The van der Waals surface area contributed by atoms with Gasteiger partial charge in [-0.15, -0.1) is 0 Å². The summed E-state index contributed by atoms with van der Waals surface area (Å²) in [5.41, 5.74) is 1.55. The van der Waals surface area contributed by atoms with Gasteiger partial charge >= 0.3 is 0 Å². The molecule has 28 heavy (non-hydrogen) atoms. The first-order chi connectivity index (χ1) is 13.7. The number of amides is 1. The standard InChI is InChI=1S/C20H23N5O3/c1-28-14-13-23-8-7-15-16(3-2-4-17(15)23)20(27)25-11-9-24(10-12-25)18-5-6-19(26)22-21-18/h2-8H,9-14H2,1H3,(H,22,26). The van der Waals surface area contributed by atoms with Crippen LogP contribution >= 0.6 is 0 Å². The number of carbonyl (C=O) groups is 1. The molecule has 1 amide bonds. The molecule has 1 fully saturated rings. The molecule has 8 heteroatoms. The van der Waals surface area contributed by atoms with Crippen molar-refractivity contribution >= 4 is 22.6 Å². The predicted molar refractivity (Wildman–Crippen MR) is 107 cm³/mol. The molecule has 2 aromatic heterocycles. The largest absolute Gasteiger partial charge is 0.383 e. The molecule has 0 unspecified atom stereocenters. The fourth-order valence-corrected chi connectivity index (χ4v) is 3.62. The second-order valence-corrected chi connectivity index (χ2v) is 6.80. The summed E-state index contributed by atoms with van der Waals surface area (Å²) in [7, 11) is 1.68. The molecule has 1 aromatic carbocycles. The zero-order valence-corrected chi connectivity index (χ0v) is 15.8. The first kappa shape index (κ1) is 18.2. The Morgan fingerprint density at radius 1 is 1.14 bits per heavy atom. The fourth-order valence-electron chi connectivity index (χ4n) is 3.62. The molecule has 1 N–H and O–H groups in total. The number of hydrogen-bond donors (Lipinski definition) is 1. The van der Waals surface area contributed by atoms with E-state index in [0.29, 0.717) is 32.8 Å². The Balaban J connectivity index is 1.49. The molecule has 1 saturated heterocycles. The van der Waals surface area contributed by atoms with E-state index in [1.807, 2.05) is 35.4 Å². The number of benzene rings is 1. The van der Waals surface area contributed by atoms with Crippen LogP contribution in [-0.4, -0.2) is 65.5 Å². The van der Waals surface area contributed by atoms with Gasteiger partial charge in [0.05, 0.1) is 6.61 Å². The van der Waals surface area contributed by atoms with Gasteiger partial charge in [-0.2, -0.15) is 5.10 Å². The van der Waals surface area contributed by atoms with Gasteiger partial charge in [0.15, 0.2) is 0 Å². The Morgan fingerprint density at radius 3 is 2.68 bits per heavy atom. The van der Waals surface area contributed by atoms with Crippen molar-refractivity contribution in [2.24, 2.45) is 0 Å². The number of methoxy groups -OCH3 is 1. The summed E-state index contributed by atoms with van der Waals surface area (Å²) >= 11 is 0. The highest BCUT2D eigenvalue weighted by atomic mass is 16.5. The van der Waals surface area contributed by atoms with E-state index < -0.39 is 0 Å². The molecule has 1 aliphatic heterocycles. The lowest BCUT2D eigenvalue weighted by Gasteiger charge is -2.35. The fraction of sp³-hybridized carbons (Fsp3) is 0.350. The van der Waals surface area contributed by atoms with Crippen molar-refractivity contribution in [3.63, 3.8) is 0 Å². The molecule has 0 aliphatic carbocycles. The van der Waals surface area contributed by atoms with Gasteiger partial charge in [0, 0.05) is 68.6 Å². The number of aromatic amines is 1. The predicted octanol–water partition coefficient (Wildman–Crippen LogP) is 1.33. The third-order valence-electron chi connectivity index (χ3n) is 5.14. The van der Waals surface area contributed by atoms with Crippen LogP contribution in [0.4, 0.5) is 5.82 Å². The number of rotatable bonds is 5. The van der Waals surface area contributed by atoms with Crippen LogP contribution in [0, 0.1) is 0 Å². The van der Waals surface area contributed by atoms with E-state index in [0.717, 1.165) is 28.8 Å². The lowest BCUT2D eigenvalue weighted by Crippen LogP contribution is -2.49. The average Bonchev–Trinajstić information content (AvgIpc) is 3.15. The number of hydrogen-bond acceptors (Lipinski definition) is 5. The SMILES string of the molecule is COCCn1ccc2c(C(=O)N3CCN(c4ccc(=O)[nH]n4)CC3)cccc21. The van der Waals surface area contributed by atoms with Crippen LogP contribution in [0.2, 0.25) is 0 Å². The van der Waals surface area contributed by atoms with Crippen molar-refractivity contribution in [2.45, 2.75) is 6.54 Å². The Hall–Kier alpha value is -3.13. The number of piperazine rings is 1. The van der Waals surface area contributed by atoms with E-state index in [4.69, 9.17) is 4.74 Å². The molecular weight excluding hydrogens is 358 g/mol. The number of H-pyrrole nitrogens is 1. The van der Waals surface area contributed by atoms with Crippen LogP contribution in [0.15, 0.2) is 47.4 Å². The highest BCUT2D eigenvalue weighted by Gasteiger charge is 2.24. The maximum absolute atomic E-state index is 13.1. The van der Waals surface area contributed by atoms with Gasteiger partial charge in [-0.3, -0.25) is 9.59 Å². The topological polar surface area (TPSA) is 83.5 Å². The zero-order chi connectivity index (χ0) is 19.5. The van der Waals surface area contributed by atoms with E-state index in [1.54, 1.807) is 13.2 Å². The van der Waals surface area contributed by atoms with Crippen molar-refractivity contribution in [1.29, 1.82) is 0 Å². The number of carbonyl (C=O) groups excluding carboxylic acids is 1. The molecule has 4 rings (SSSR count). The van der Waals surface area contributed by atoms with Crippen molar-refractivity contribution in [3.8, 4) is 0 Å². The summed E-state index contributed by atoms with van der Waals surface area (Å²) in [6.45, 7) is 3.96. The summed E-state index contributed by atoms with van der Waals surface area (Å²) in [6.07, 6.45) is 2.00. The van der Waals surface area contributed by atoms with Crippen molar-refractivity contribution in [1.82, 2.24) is 19.7 Å². The summed E-state index contributed by atoms with van der Waals surface area (Å²) in [5.74, 6) is 0.771. The van der Waals surface area contributed by atoms with Crippen LogP contribution in [-0.2, 0) is 11.3 Å². The molecule has 0 saturated carbocycles. The minimum absolute atomic E-state index is 0.0455. The number of fused-ring (bicyclic) bond motifs is 1. The van der Waals surface area contributed by atoms with Gasteiger partial charge < -0.3 is 19.1 Å². The summed E-state index contributed by atoms with van der Waals surface area (Å²) < 4.78 is 7.27. The van der Waals surface area contributed by atoms with Crippen LogP contribution in [0.25, 0.3) is 10.9 Å². The zero-order valence-electron chi connectivity index (χ0n) is 15.8. The van der Waals surface area contributed by atoms with Crippen LogP contribution in [0.1, 0.15) is 10.4 Å². The van der Waals surface area contributed by atoms with E-state index in [2.05, 4.69) is 19.7 Å². The van der Waals surface area contributed by atoms with E-state index in [1.165, 1.54) is 6.07 Å². The quantitative estimate of drug-likeness (QED) is 0.721. The van der Waals surface area contributed by atoms with E-state index in [-0.39, 0.29) is 11.5 Å². The Bertz CT molecular complexity index is 1010. The Morgan fingerprint density at radius 2 is 1.96 bits per heavy atom. The van der Waals surface area contributed by atoms with Gasteiger partial charge in [-0.05, 0) is 24.3 Å². The highest BCUT2D eigenvalue weighted by molar-refractivity contribution is 6.06. The van der Waals surface area contributed by atoms with Crippen LogP contribution < -0.4 is 10.5 Å². The van der Waals surface area contributed by atoms with Crippen molar-refractivity contribution < 1.29 is 9.53 Å². The Kier molecular flexibility index (Phi) is 5.12. The monoisotopic (exact) mass is 381 g/mol. The first-order valence-electron chi connectivity index (χ1n) is 9.34. The third kappa shape index (κ3) is 3.50. The van der Waals surface area contributed by atoms with E-state index in [9.17, 15) is 9.59 Å². The minimum atomic E-state index is -0.219. The second-order valence-electron chi connectivity index (χ2n) is 6.80. The van der Waals surface area contributed by atoms with Gasteiger partial charge in [0.1, 0.15) is 5.82 Å². The minimum Gasteiger partial charge on any atom is -0.383 e.